The average Bonchev–Trinajstić information content (AvgIpc) is 2.27. The van der Waals surface area contributed by atoms with E-state index in [1.54, 1.807) is 24.3 Å². The van der Waals surface area contributed by atoms with E-state index in [0.29, 0.717) is 0 Å². The summed E-state index contributed by atoms with van der Waals surface area (Å²) in [6, 6.07) is 8.88. The van der Waals surface area contributed by atoms with Crippen LogP contribution in [0.15, 0.2) is 30.3 Å². The summed E-state index contributed by atoms with van der Waals surface area (Å²) < 4.78 is 19.9. The monoisotopic (exact) mass is 246 g/mol. The lowest BCUT2D eigenvalue weighted by Crippen LogP contribution is -2.04. The molecule has 0 saturated heterocycles. The molecular formula is C8H11O5PSi. The van der Waals surface area contributed by atoms with E-state index in [2.05, 4.69) is 8.95 Å². The standard InChI is InChI=1S/C8H11O5PSi/c9-8(14(10,11)13-15)12-6-7-4-2-1-3-5-7/h1-5H,6H2,15H3,(H,10,11). The third-order valence-corrected chi connectivity index (χ3v) is 4.25. The topological polar surface area (TPSA) is 72.8 Å². The van der Waals surface area contributed by atoms with Gasteiger partial charge in [-0.25, -0.2) is 9.36 Å². The molecule has 0 amide bonds. The fourth-order valence-electron chi connectivity index (χ4n) is 0.875. The van der Waals surface area contributed by atoms with Crippen LogP contribution in [0.2, 0.25) is 0 Å². The Bertz CT molecular complexity index is 380. The van der Waals surface area contributed by atoms with Gasteiger partial charge in [0.15, 0.2) is 10.5 Å². The van der Waals surface area contributed by atoms with Crippen LogP contribution in [0, 0.1) is 0 Å². The highest BCUT2D eigenvalue weighted by Crippen LogP contribution is 2.42. The maximum atomic E-state index is 11.0. The molecule has 1 unspecified atom stereocenters. The largest absolute Gasteiger partial charge is 0.452 e. The maximum Gasteiger partial charge on any atom is 0.425 e. The molecule has 1 rings (SSSR count). The van der Waals surface area contributed by atoms with Crippen LogP contribution in [0.3, 0.4) is 0 Å². The second-order valence-corrected chi connectivity index (χ2v) is 5.61. The van der Waals surface area contributed by atoms with Gasteiger partial charge in [-0.1, -0.05) is 30.3 Å². The Hall–Kier alpha value is -0.943. The third-order valence-electron chi connectivity index (χ3n) is 1.68. The normalized spacial score (nSPS) is 14.5. The molecule has 0 spiro atoms. The number of carbonyl (C=O) groups is 1. The SMILES string of the molecule is O=C(OCc1ccccc1)P(=O)(O)O[SiH3]. The van der Waals surface area contributed by atoms with E-state index in [1.807, 2.05) is 6.07 Å². The van der Waals surface area contributed by atoms with Crippen LogP contribution in [0.4, 0.5) is 4.79 Å². The summed E-state index contributed by atoms with van der Waals surface area (Å²) in [7, 11) is -4.19. The Morgan fingerprint density at radius 2 is 2.00 bits per heavy atom. The highest BCUT2D eigenvalue weighted by atomic mass is 31.2. The molecule has 15 heavy (non-hydrogen) atoms. The molecule has 0 heterocycles. The predicted molar refractivity (Wildman–Crippen MR) is 57.5 cm³/mol. The smallest absolute Gasteiger partial charge is 0.425 e. The number of hydrogen-bond donors (Lipinski definition) is 1. The van der Waals surface area contributed by atoms with Gasteiger partial charge in [0.05, 0.1) is 0 Å². The Morgan fingerprint density at radius 1 is 1.40 bits per heavy atom. The van der Waals surface area contributed by atoms with Crippen molar-refractivity contribution in [1.29, 1.82) is 0 Å². The van der Waals surface area contributed by atoms with Gasteiger partial charge in [-0.15, -0.1) is 0 Å². The molecule has 0 radical (unpaired) electrons. The fourth-order valence-corrected chi connectivity index (χ4v) is 1.70. The van der Waals surface area contributed by atoms with Crippen LogP contribution in [-0.2, 0) is 20.1 Å². The van der Waals surface area contributed by atoms with E-state index in [1.165, 1.54) is 0 Å². The van der Waals surface area contributed by atoms with Crippen molar-refractivity contribution < 1.29 is 23.2 Å². The highest BCUT2D eigenvalue weighted by molar-refractivity contribution is 7.71. The molecule has 1 N–H and O–H groups in total. The zero-order valence-corrected chi connectivity index (χ0v) is 11.0. The zero-order valence-electron chi connectivity index (χ0n) is 8.12. The van der Waals surface area contributed by atoms with Crippen molar-refractivity contribution >= 4 is 23.8 Å². The minimum Gasteiger partial charge on any atom is -0.452 e. The Kier molecular flexibility index (Phi) is 4.23. The lowest BCUT2D eigenvalue weighted by molar-refractivity contribution is 0.158. The molecule has 0 aliphatic rings. The molecular weight excluding hydrogens is 235 g/mol. The van der Waals surface area contributed by atoms with E-state index in [-0.39, 0.29) is 17.1 Å². The summed E-state index contributed by atoms with van der Waals surface area (Å²) in [5.41, 5.74) is -0.458. The molecule has 0 fully saturated rings. The number of carbonyl (C=O) groups excluding carboxylic acids is 1. The molecule has 0 bridgehead atoms. The highest BCUT2D eigenvalue weighted by Gasteiger charge is 2.30. The molecule has 1 aromatic rings. The van der Waals surface area contributed by atoms with Crippen molar-refractivity contribution in [3.63, 3.8) is 0 Å². The van der Waals surface area contributed by atoms with Crippen LogP contribution in [0.5, 0.6) is 0 Å². The zero-order chi connectivity index (χ0) is 11.3. The van der Waals surface area contributed by atoms with Crippen LogP contribution in [-0.4, -0.2) is 21.1 Å². The van der Waals surface area contributed by atoms with Crippen molar-refractivity contribution in [1.82, 2.24) is 0 Å². The quantitative estimate of drug-likeness (QED) is 0.628. The Labute approximate surface area is 90.1 Å². The van der Waals surface area contributed by atoms with E-state index in [4.69, 9.17) is 4.89 Å². The molecule has 1 atom stereocenters. The molecule has 0 saturated carbocycles. The van der Waals surface area contributed by atoms with E-state index >= 15 is 0 Å². The van der Waals surface area contributed by atoms with Gasteiger partial charge < -0.3 is 13.8 Å². The predicted octanol–water partition coefficient (Wildman–Crippen LogP) is 0.806. The van der Waals surface area contributed by atoms with Crippen LogP contribution < -0.4 is 0 Å². The number of hydrogen-bond acceptors (Lipinski definition) is 4. The van der Waals surface area contributed by atoms with Crippen molar-refractivity contribution in [2.45, 2.75) is 6.61 Å². The Morgan fingerprint density at radius 3 is 2.53 bits per heavy atom. The molecule has 82 valence electrons. The van der Waals surface area contributed by atoms with E-state index in [9.17, 15) is 9.36 Å². The van der Waals surface area contributed by atoms with Crippen molar-refractivity contribution in [3.8, 4) is 0 Å². The van der Waals surface area contributed by atoms with E-state index in [0.717, 1.165) is 5.56 Å². The van der Waals surface area contributed by atoms with Crippen LogP contribution in [0.1, 0.15) is 5.56 Å². The Balaban J connectivity index is 2.52. The summed E-state index contributed by atoms with van der Waals surface area (Å²) in [5.74, 6) is 0. The second kappa shape index (κ2) is 5.23. The van der Waals surface area contributed by atoms with Crippen molar-refractivity contribution in [3.05, 3.63) is 35.9 Å². The van der Waals surface area contributed by atoms with Crippen molar-refractivity contribution in [2.75, 3.05) is 0 Å². The number of ether oxygens (including phenoxy) is 1. The number of benzene rings is 1. The van der Waals surface area contributed by atoms with Crippen LogP contribution >= 0.6 is 7.60 Å². The van der Waals surface area contributed by atoms with Gasteiger partial charge in [-0.2, -0.15) is 0 Å². The van der Waals surface area contributed by atoms with Gasteiger partial charge in [0.2, 0.25) is 0 Å². The molecule has 0 aliphatic carbocycles. The van der Waals surface area contributed by atoms with Gasteiger partial charge in [0.25, 0.3) is 0 Å². The summed E-state index contributed by atoms with van der Waals surface area (Å²) in [6.45, 7) is -0.0326. The lowest BCUT2D eigenvalue weighted by atomic mass is 10.2. The average molecular weight is 246 g/mol. The summed E-state index contributed by atoms with van der Waals surface area (Å²) in [6.07, 6.45) is 0. The minimum atomic E-state index is -4.20. The fraction of sp³-hybridized carbons (Fsp3) is 0.125. The first-order valence-electron chi connectivity index (χ1n) is 4.16. The van der Waals surface area contributed by atoms with Gasteiger partial charge >= 0.3 is 13.3 Å². The minimum absolute atomic E-state index is 0.00855. The summed E-state index contributed by atoms with van der Waals surface area (Å²) in [5, 5.41) is 0. The van der Waals surface area contributed by atoms with Crippen LogP contribution in [0.25, 0.3) is 0 Å². The first-order chi connectivity index (χ1) is 7.06. The van der Waals surface area contributed by atoms with Gasteiger partial charge in [-0.3, -0.25) is 0 Å². The van der Waals surface area contributed by atoms with Gasteiger partial charge in [0.1, 0.15) is 6.61 Å². The first kappa shape index (κ1) is 12.1. The second-order valence-electron chi connectivity index (χ2n) is 2.74. The van der Waals surface area contributed by atoms with Crippen molar-refractivity contribution in [2.24, 2.45) is 0 Å². The summed E-state index contributed by atoms with van der Waals surface area (Å²) >= 11 is 0. The van der Waals surface area contributed by atoms with E-state index < -0.39 is 13.3 Å². The first-order valence-corrected chi connectivity index (χ1v) is 6.55. The summed E-state index contributed by atoms with van der Waals surface area (Å²) in [4.78, 5) is 20.0. The third kappa shape index (κ3) is 3.60. The lowest BCUT2D eigenvalue weighted by Gasteiger charge is -2.08. The maximum absolute atomic E-state index is 11.0. The van der Waals surface area contributed by atoms with Gasteiger partial charge in [-0.05, 0) is 5.56 Å². The number of rotatable bonds is 4. The molecule has 0 aromatic heterocycles. The molecule has 5 nitrogen and oxygen atoms in total. The molecule has 7 heteroatoms. The van der Waals surface area contributed by atoms with Gasteiger partial charge in [0, 0.05) is 0 Å². The molecule has 0 aliphatic heterocycles. The molecule has 1 aromatic carbocycles.